The highest BCUT2D eigenvalue weighted by molar-refractivity contribution is 9.10. The third-order valence-corrected chi connectivity index (χ3v) is 6.08. The third kappa shape index (κ3) is 5.40. The largest absolute Gasteiger partial charge is 0.341 e. The maximum absolute atomic E-state index is 12.1. The van der Waals surface area contributed by atoms with Crippen LogP contribution in [-0.2, 0) is 6.54 Å². The number of H-pyrrole nitrogens is 1. The van der Waals surface area contributed by atoms with Gasteiger partial charge in [0, 0.05) is 16.9 Å². The minimum Gasteiger partial charge on any atom is -0.341 e. The number of hydrogen-bond acceptors (Lipinski definition) is 7. The van der Waals surface area contributed by atoms with Crippen LogP contribution >= 0.6 is 39.0 Å². The first-order valence-corrected chi connectivity index (χ1v) is 10.8. The van der Waals surface area contributed by atoms with E-state index < -0.39 is 0 Å². The van der Waals surface area contributed by atoms with Crippen LogP contribution in [0.4, 0.5) is 9.93 Å². The van der Waals surface area contributed by atoms with Gasteiger partial charge >= 0.3 is 6.03 Å². The molecule has 29 heavy (non-hydrogen) atoms. The number of nitrogens with zero attached hydrogens (tertiary/aromatic N) is 4. The van der Waals surface area contributed by atoms with Crippen LogP contribution in [0.2, 0.25) is 0 Å². The van der Waals surface area contributed by atoms with Crippen molar-refractivity contribution < 1.29 is 4.79 Å². The van der Waals surface area contributed by atoms with Gasteiger partial charge in [0.25, 0.3) is 0 Å². The molecule has 0 unspecified atom stereocenters. The van der Waals surface area contributed by atoms with Gasteiger partial charge in [-0.15, -0.1) is 0 Å². The summed E-state index contributed by atoms with van der Waals surface area (Å²) in [7, 11) is 0. The topological polar surface area (TPSA) is 108 Å². The Morgan fingerprint density at radius 2 is 1.90 bits per heavy atom. The van der Waals surface area contributed by atoms with Crippen molar-refractivity contribution in [3.8, 4) is 11.3 Å². The molecular weight excluding hydrogens is 474 g/mol. The lowest BCUT2D eigenvalue weighted by Gasteiger charge is -2.03. The highest BCUT2D eigenvalue weighted by atomic mass is 79.9. The summed E-state index contributed by atoms with van der Waals surface area (Å²) in [5.74, 6) is 0.662. The number of thiazole rings is 1. The van der Waals surface area contributed by atoms with Crippen LogP contribution in [0.1, 0.15) is 5.82 Å². The van der Waals surface area contributed by atoms with Crippen molar-refractivity contribution in [3.05, 3.63) is 65.4 Å². The standard InChI is InChI=1S/C18H14BrN7OS2/c19-12-4-2-11(3-5-12)13-8-22-14(25-13)9-23-16(27)26-18-24-10-15(29-18)28-17-20-6-1-7-21-17/h1-8,10H,9H2,(H,22,25)(H2,23,24,26,27). The molecule has 3 N–H and O–H groups in total. The maximum atomic E-state index is 12.1. The summed E-state index contributed by atoms with van der Waals surface area (Å²) >= 11 is 6.16. The summed E-state index contributed by atoms with van der Waals surface area (Å²) in [6, 6.07) is 9.31. The van der Waals surface area contributed by atoms with Gasteiger partial charge in [-0.05, 0) is 35.5 Å². The van der Waals surface area contributed by atoms with Gasteiger partial charge in [-0.1, -0.05) is 39.4 Å². The van der Waals surface area contributed by atoms with Crippen LogP contribution < -0.4 is 10.6 Å². The number of hydrogen-bond donors (Lipinski definition) is 3. The second-order valence-corrected chi connectivity index (χ2v) is 8.89. The maximum Gasteiger partial charge on any atom is 0.321 e. The molecule has 4 aromatic rings. The first-order valence-electron chi connectivity index (χ1n) is 8.41. The van der Waals surface area contributed by atoms with E-state index in [1.165, 1.54) is 23.1 Å². The predicted molar refractivity (Wildman–Crippen MR) is 116 cm³/mol. The molecule has 4 rings (SSSR count). The highest BCUT2D eigenvalue weighted by Gasteiger charge is 2.10. The van der Waals surface area contributed by atoms with Crippen molar-refractivity contribution in [2.75, 3.05) is 5.32 Å². The van der Waals surface area contributed by atoms with E-state index in [-0.39, 0.29) is 12.6 Å². The smallest absolute Gasteiger partial charge is 0.321 e. The van der Waals surface area contributed by atoms with E-state index in [2.05, 4.69) is 51.5 Å². The van der Waals surface area contributed by atoms with E-state index in [0.717, 1.165) is 19.9 Å². The van der Waals surface area contributed by atoms with Crippen LogP contribution in [0.5, 0.6) is 0 Å². The lowest BCUT2D eigenvalue weighted by atomic mass is 10.2. The minimum atomic E-state index is -0.353. The number of rotatable bonds is 6. The molecule has 0 aliphatic heterocycles. The van der Waals surface area contributed by atoms with Gasteiger partial charge in [-0.3, -0.25) is 5.32 Å². The highest BCUT2D eigenvalue weighted by Crippen LogP contribution is 2.31. The van der Waals surface area contributed by atoms with Crippen molar-refractivity contribution in [2.24, 2.45) is 0 Å². The Bertz CT molecular complexity index is 1100. The van der Waals surface area contributed by atoms with E-state index in [1.54, 1.807) is 30.9 Å². The van der Waals surface area contributed by atoms with Crippen LogP contribution in [0.25, 0.3) is 11.3 Å². The number of aromatic nitrogens is 5. The SMILES string of the molecule is O=C(NCc1ncc(-c2ccc(Br)cc2)[nH]1)Nc1ncc(Sc2ncccn2)s1. The molecule has 1 aromatic carbocycles. The molecule has 0 saturated heterocycles. The Morgan fingerprint density at radius 3 is 2.69 bits per heavy atom. The van der Waals surface area contributed by atoms with Gasteiger partial charge in [0.15, 0.2) is 10.3 Å². The van der Waals surface area contributed by atoms with Crippen molar-refractivity contribution in [1.82, 2.24) is 30.2 Å². The second kappa shape index (κ2) is 9.16. The Morgan fingerprint density at radius 1 is 1.10 bits per heavy atom. The number of urea groups is 1. The fraction of sp³-hybridized carbons (Fsp3) is 0.0556. The summed E-state index contributed by atoms with van der Waals surface area (Å²) in [4.78, 5) is 32.1. The van der Waals surface area contributed by atoms with Gasteiger partial charge < -0.3 is 10.3 Å². The summed E-state index contributed by atoms with van der Waals surface area (Å²) in [6.07, 6.45) is 6.78. The van der Waals surface area contributed by atoms with E-state index in [1.807, 2.05) is 24.3 Å². The van der Waals surface area contributed by atoms with Crippen molar-refractivity contribution >= 4 is 50.2 Å². The number of amides is 2. The van der Waals surface area contributed by atoms with Gasteiger partial charge in [0.2, 0.25) is 0 Å². The number of aromatic amines is 1. The fourth-order valence-electron chi connectivity index (χ4n) is 2.33. The quantitative estimate of drug-likeness (QED) is 0.344. The summed E-state index contributed by atoms with van der Waals surface area (Å²) < 4.78 is 1.90. The summed E-state index contributed by atoms with van der Waals surface area (Å²) in [5.41, 5.74) is 1.91. The third-order valence-electron chi connectivity index (χ3n) is 3.64. The molecule has 0 atom stereocenters. The van der Waals surface area contributed by atoms with Gasteiger partial charge in [-0.2, -0.15) is 0 Å². The minimum absolute atomic E-state index is 0.271. The van der Waals surface area contributed by atoms with Crippen LogP contribution in [0.15, 0.2) is 69.0 Å². The average Bonchev–Trinajstić information content (AvgIpc) is 3.37. The Hall–Kier alpha value is -2.76. The zero-order valence-electron chi connectivity index (χ0n) is 14.8. The summed E-state index contributed by atoms with van der Waals surface area (Å²) in [5, 5.41) is 6.61. The van der Waals surface area contributed by atoms with E-state index in [9.17, 15) is 4.79 Å². The number of carbonyl (C=O) groups excluding carboxylic acids is 1. The molecule has 0 fully saturated rings. The van der Waals surface area contributed by atoms with Crippen LogP contribution in [0.3, 0.4) is 0 Å². The molecule has 0 aliphatic carbocycles. The summed E-state index contributed by atoms with van der Waals surface area (Å²) in [6.45, 7) is 0.271. The average molecular weight is 488 g/mol. The number of anilines is 1. The van der Waals surface area contributed by atoms with Crippen molar-refractivity contribution in [1.29, 1.82) is 0 Å². The van der Waals surface area contributed by atoms with E-state index >= 15 is 0 Å². The Labute approximate surface area is 182 Å². The Balaban J connectivity index is 1.29. The molecule has 146 valence electrons. The molecule has 0 aliphatic rings. The number of benzene rings is 1. The van der Waals surface area contributed by atoms with Crippen LogP contribution in [-0.4, -0.2) is 31.0 Å². The van der Waals surface area contributed by atoms with Crippen molar-refractivity contribution in [2.45, 2.75) is 15.9 Å². The zero-order chi connectivity index (χ0) is 20.1. The van der Waals surface area contributed by atoms with Crippen LogP contribution in [0, 0.1) is 0 Å². The van der Waals surface area contributed by atoms with Crippen molar-refractivity contribution in [3.63, 3.8) is 0 Å². The predicted octanol–water partition coefficient (Wildman–Crippen LogP) is 4.56. The Kier molecular flexibility index (Phi) is 6.17. The van der Waals surface area contributed by atoms with E-state index in [0.29, 0.717) is 16.1 Å². The fourth-order valence-corrected chi connectivity index (χ4v) is 4.28. The molecule has 3 heterocycles. The molecule has 0 bridgehead atoms. The molecule has 0 radical (unpaired) electrons. The zero-order valence-corrected chi connectivity index (χ0v) is 18.0. The second-order valence-electron chi connectivity index (χ2n) is 5.68. The molecule has 2 amide bonds. The first kappa shape index (κ1) is 19.6. The van der Waals surface area contributed by atoms with Gasteiger partial charge in [0.05, 0.1) is 28.8 Å². The first-order chi connectivity index (χ1) is 14.2. The molecule has 8 nitrogen and oxygen atoms in total. The lowest BCUT2D eigenvalue weighted by molar-refractivity contribution is 0.251. The molecule has 0 saturated carbocycles. The molecular formula is C18H14BrN7OS2. The number of halogens is 1. The number of nitrogens with one attached hydrogen (secondary N) is 3. The lowest BCUT2D eigenvalue weighted by Crippen LogP contribution is -2.28. The molecule has 0 spiro atoms. The number of carbonyl (C=O) groups is 1. The number of imidazole rings is 1. The van der Waals surface area contributed by atoms with Gasteiger partial charge in [0.1, 0.15) is 5.82 Å². The van der Waals surface area contributed by atoms with E-state index in [4.69, 9.17) is 0 Å². The molecule has 3 aromatic heterocycles. The normalized spacial score (nSPS) is 10.7. The molecule has 11 heteroatoms. The monoisotopic (exact) mass is 487 g/mol. The van der Waals surface area contributed by atoms with Gasteiger partial charge in [-0.25, -0.2) is 24.7 Å².